The third kappa shape index (κ3) is 4.07. The van der Waals surface area contributed by atoms with E-state index in [-0.39, 0.29) is 11.5 Å². The summed E-state index contributed by atoms with van der Waals surface area (Å²) < 4.78 is 0.957. The Kier molecular flexibility index (Phi) is 5.68. The smallest absolute Gasteiger partial charge is 0.262 e. The lowest BCUT2D eigenvalue weighted by molar-refractivity contribution is -0.117. The Morgan fingerprint density at radius 3 is 2.41 bits per heavy atom. The Hall–Kier alpha value is -2.56. The quantitative estimate of drug-likeness (QED) is 0.578. The van der Waals surface area contributed by atoms with Crippen molar-refractivity contribution in [1.82, 2.24) is 0 Å². The predicted molar refractivity (Wildman–Crippen MR) is 110 cm³/mol. The van der Waals surface area contributed by atoms with Gasteiger partial charge in [-0.25, -0.2) is 0 Å². The summed E-state index contributed by atoms with van der Waals surface area (Å²) >= 11 is 4.60. The molecule has 0 radical (unpaired) electrons. The lowest BCUT2D eigenvalue weighted by Gasteiger charge is -2.18. The number of benzene rings is 2. The standard InChI is InChI=1S/C20H16BrN3O2S/c1-12-2-8-15(9-3-12)24-19(26)17(10-13-4-6-14(21)7-5-13)27-20(24)16(11-22)18(23)25/h2-9,17H,10H2,1H3,(H2,23,25)/b20-16-/t17-/m1/s1. The van der Waals surface area contributed by atoms with Crippen LogP contribution in [0.4, 0.5) is 5.69 Å². The summed E-state index contributed by atoms with van der Waals surface area (Å²) in [5.41, 5.74) is 7.82. The number of carbonyl (C=O) groups excluding carboxylic acids is 2. The molecule has 0 spiro atoms. The Labute approximate surface area is 170 Å². The molecule has 2 aromatic carbocycles. The zero-order valence-electron chi connectivity index (χ0n) is 14.5. The van der Waals surface area contributed by atoms with Crippen molar-refractivity contribution in [2.75, 3.05) is 4.90 Å². The van der Waals surface area contributed by atoms with Crippen LogP contribution in [-0.2, 0) is 16.0 Å². The van der Waals surface area contributed by atoms with Crippen molar-refractivity contribution in [3.05, 3.63) is 74.7 Å². The van der Waals surface area contributed by atoms with Crippen LogP contribution in [0.5, 0.6) is 0 Å². The molecule has 27 heavy (non-hydrogen) atoms. The fourth-order valence-corrected chi connectivity index (χ4v) is 4.34. The topological polar surface area (TPSA) is 87.2 Å². The molecule has 0 unspecified atom stereocenters. The molecule has 0 bridgehead atoms. The van der Waals surface area contributed by atoms with Gasteiger partial charge in [-0.05, 0) is 43.2 Å². The van der Waals surface area contributed by atoms with Gasteiger partial charge in [0.25, 0.3) is 5.91 Å². The molecule has 3 rings (SSSR count). The van der Waals surface area contributed by atoms with Crippen LogP contribution in [0, 0.1) is 18.3 Å². The SMILES string of the molecule is Cc1ccc(N2C(=O)[C@@H](Cc3ccc(Br)cc3)S/C2=C(/C#N)C(N)=O)cc1. The minimum Gasteiger partial charge on any atom is -0.365 e. The van der Waals surface area contributed by atoms with E-state index in [9.17, 15) is 14.9 Å². The number of rotatable bonds is 4. The largest absolute Gasteiger partial charge is 0.365 e. The van der Waals surface area contributed by atoms with Gasteiger partial charge in [0, 0.05) is 10.2 Å². The van der Waals surface area contributed by atoms with Crippen LogP contribution in [-0.4, -0.2) is 17.1 Å². The van der Waals surface area contributed by atoms with Crippen LogP contribution in [0.2, 0.25) is 0 Å². The van der Waals surface area contributed by atoms with Gasteiger partial charge in [0.05, 0.1) is 5.25 Å². The van der Waals surface area contributed by atoms with E-state index < -0.39 is 11.2 Å². The van der Waals surface area contributed by atoms with Crippen molar-refractivity contribution < 1.29 is 9.59 Å². The summed E-state index contributed by atoms with van der Waals surface area (Å²) in [6.07, 6.45) is 0.486. The van der Waals surface area contributed by atoms with Crippen LogP contribution in [0.15, 0.2) is 63.6 Å². The highest BCUT2D eigenvalue weighted by Gasteiger charge is 2.40. The number of nitrogens with zero attached hydrogens (tertiary/aromatic N) is 2. The minimum atomic E-state index is -0.839. The first-order chi connectivity index (χ1) is 12.9. The maximum absolute atomic E-state index is 13.1. The number of amides is 2. The lowest BCUT2D eigenvalue weighted by Crippen LogP contribution is -2.31. The number of anilines is 1. The predicted octanol–water partition coefficient (Wildman–Crippen LogP) is 3.67. The summed E-state index contributed by atoms with van der Waals surface area (Å²) in [6, 6.07) is 16.9. The average molecular weight is 442 g/mol. The van der Waals surface area contributed by atoms with Crippen molar-refractivity contribution in [2.45, 2.75) is 18.6 Å². The van der Waals surface area contributed by atoms with E-state index in [1.807, 2.05) is 49.4 Å². The van der Waals surface area contributed by atoms with E-state index in [1.165, 1.54) is 16.7 Å². The molecule has 136 valence electrons. The van der Waals surface area contributed by atoms with Gasteiger partial charge in [0.2, 0.25) is 5.91 Å². The van der Waals surface area contributed by atoms with Crippen molar-refractivity contribution in [3.8, 4) is 6.07 Å². The van der Waals surface area contributed by atoms with E-state index in [1.54, 1.807) is 12.1 Å². The zero-order valence-corrected chi connectivity index (χ0v) is 16.9. The minimum absolute atomic E-state index is 0.171. The van der Waals surface area contributed by atoms with Gasteiger partial charge in [-0.3, -0.25) is 14.5 Å². The normalized spacial score (nSPS) is 18.3. The van der Waals surface area contributed by atoms with Gasteiger partial charge in [0.1, 0.15) is 16.7 Å². The van der Waals surface area contributed by atoms with Crippen molar-refractivity contribution in [2.24, 2.45) is 5.73 Å². The fourth-order valence-electron chi connectivity index (χ4n) is 2.76. The molecule has 0 saturated carbocycles. The lowest BCUT2D eigenvalue weighted by atomic mass is 10.1. The number of carbonyl (C=O) groups is 2. The van der Waals surface area contributed by atoms with Gasteiger partial charge in [0.15, 0.2) is 0 Å². The third-order valence-corrected chi connectivity index (χ3v) is 5.94. The summed E-state index contributed by atoms with van der Waals surface area (Å²) in [5.74, 6) is -1.01. The average Bonchev–Trinajstić information content (AvgIpc) is 2.94. The molecule has 0 aliphatic carbocycles. The Morgan fingerprint density at radius 2 is 1.85 bits per heavy atom. The third-order valence-electron chi connectivity index (χ3n) is 4.15. The van der Waals surface area contributed by atoms with E-state index in [4.69, 9.17) is 5.73 Å². The van der Waals surface area contributed by atoms with E-state index in [2.05, 4.69) is 15.9 Å². The Morgan fingerprint density at radius 1 is 1.22 bits per heavy atom. The van der Waals surface area contributed by atoms with Crippen molar-refractivity contribution in [3.63, 3.8) is 0 Å². The number of hydrogen-bond donors (Lipinski definition) is 1. The number of nitrogens with two attached hydrogens (primary N) is 1. The summed E-state index contributed by atoms with van der Waals surface area (Å²) in [5, 5.41) is 9.25. The van der Waals surface area contributed by atoms with E-state index in [0.29, 0.717) is 17.1 Å². The molecule has 2 aromatic rings. The summed E-state index contributed by atoms with van der Waals surface area (Å²) in [7, 11) is 0. The van der Waals surface area contributed by atoms with Crippen LogP contribution in [0.3, 0.4) is 0 Å². The van der Waals surface area contributed by atoms with Gasteiger partial charge in [-0.1, -0.05) is 57.5 Å². The van der Waals surface area contributed by atoms with Crippen molar-refractivity contribution >= 4 is 45.2 Å². The molecular formula is C20H16BrN3O2S. The first kappa shape index (κ1) is 19.2. The number of nitriles is 1. The number of halogens is 1. The van der Waals surface area contributed by atoms with Gasteiger partial charge in [-0.2, -0.15) is 5.26 Å². The van der Waals surface area contributed by atoms with Crippen LogP contribution >= 0.6 is 27.7 Å². The highest BCUT2D eigenvalue weighted by Crippen LogP contribution is 2.41. The first-order valence-electron chi connectivity index (χ1n) is 8.16. The van der Waals surface area contributed by atoms with Gasteiger partial charge < -0.3 is 5.73 Å². The maximum Gasteiger partial charge on any atom is 0.262 e. The molecule has 1 fully saturated rings. The van der Waals surface area contributed by atoms with Crippen LogP contribution < -0.4 is 10.6 Å². The number of aryl methyl sites for hydroxylation is 1. The molecule has 2 N–H and O–H groups in total. The molecule has 1 saturated heterocycles. The van der Waals surface area contributed by atoms with Crippen molar-refractivity contribution in [1.29, 1.82) is 5.26 Å². The monoisotopic (exact) mass is 441 g/mol. The van der Waals surface area contributed by atoms with Gasteiger partial charge in [-0.15, -0.1) is 0 Å². The second-order valence-corrected chi connectivity index (χ2v) is 8.21. The molecule has 7 heteroatoms. The van der Waals surface area contributed by atoms with Crippen LogP contribution in [0.25, 0.3) is 0 Å². The van der Waals surface area contributed by atoms with Crippen LogP contribution in [0.1, 0.15) is 11.1 Å². The molecular weight excluding hydrogens is 426 g/mol. The molecule has 2 amide bonds. The molecule has 1 aliphatic rings. The molecule has 1 aliphatic heterocycles. The fraction of sp³-hybridized carbons (Fsp3) is 0.150. The Balaban J connectivity index is 2.01. The van der Waals surface area contributed by atoms with Gasteiger partial charge >= 0.3 is 0 Å². The molecule has 1 heterocycles. The second kappa shape index (κ2) is 7.99. The summed E-state index contributed by atoms with van der Waals surface area (Å²) in [6.45, 7) is 1.95. The molecule has 5 nitrogen and oxygen atoms in total. The highest BCUT2D eigenvalue weighted by atomic mass is 79.9. The second-order valence-electron chi connectivity index (χ2n) is 6.10. The number of primary amides is 1. The van der Waals surface area contributed by atoms with E-state index >= 15 is 0 Å². The van der Waals surface area contributed by atoms with E-state index in [0.717, 1.165) is 15.6 Å². The highest BCUT2D eigenvalue weighted by molar-refractivity contribution is 9.10. The maximum atomic E-state index is 13.1. The zero-order chi connectivity index (χ0) is 19.6. The molecule has 1 atom stereocenters. The number of thioether (sulfide) groups is 1. The summed E-state index contributed by atoms with van der Waals surface area (Å²) in [4.78, 5) is 26.3. The number of hydrogen-bond acceptors (Lipinski definition) is 4. The Bertz CT molecular complexity index is 962. The first-order valence-corrected chi connectivity index (χ1v) is 9.84. The molecule has 0 aromatic heterocycles.